The first kappa shape index (κ1) is 14.7. The number of nitrogens with zero attached hydrogens (tertiary/aromatic N) is 1. The number of nitrogens with one attached hydrogen (secondary N) is 1. The Morgan fingerprint density at radius 3 is 2.65 bits per heavy atom. The maximum Gasteiger partial charge on any atom is 0.271 e. The summed E-state index contributed by atoms with van der Waals surface area (Å²) in [6.07, 6.45) is -4.27. The molecule has 0 unspecified atom stereocenters. The van der Waals surface area contributed by atoms with Crippen molar-refractivity contribution in [3.63, 3.8) is 0 Å². The van der Waals surface area contributed by atoms with Crippen LogP contribution in [0.5, 0.6) is 0 Å². The highest BCUT2D eigenvalue weighted by Crippen LogP contribution is 2.27. The first-order valence-corrected chi connectivity index (χ1v) is 6.08. The lowest BCUT2D eigenvalue weighted by Gasteiger charge is -2.19. The van der Waals surface area contributed by atoms with E-state index in [2.05, 4.69) is 5.32 Å². The van der Waals surface area contributed by atoms with Crippen LogP contribution < -0.4 is 5.32 Å². The van der Waals surface area contributed by atoms with Crippen LogP contribution in [0.15, 0.2) is 18.2 Å². The van der Waals surface area contributed by atoms with Gasteiger partial charge in [-0.25, -0.2) is 0 Å². The van der Waals surface area contributed by atoms with Crippen molar-refractivity contribution >= 4 is 11.4 Å². The van der Waals surface area contributed by atoms with Crippen molar-refractivity contribution in [2.45, 2.75) is 31.5 Å². The number of nitro benzene ring substituents is 1. The van der Waals surface area contributed by atoms with Crippen molar-refractivity contribution in [2.75, 3.05) is 11.9 Å². The average Bonchev–Trinajstić information content (AvgIpc) is 2.68. The van der Waals surface area contributed by atoms with Crippen molar-refractivity contribution < 1.29 is 25.0 Å². The van der Waals surface area contributed by atoms with Crippen LogP contribution in [-0.2, 0) is 4.74 Å². The number of aliphatic hydroxyl groups is 3. The van der Waals surface area contributed by atoms with E-state index in [-0.39, 0.29) is 5.69 Å². The van der Waals surface area contributed by atoms with Gasteiger partial charge in [-0.1, -0.05) is 6.07 Å². The predicted molar refractivity (Wildman–Crippen MR) is 69.2 cm³/mol. The molecule has 0 aliphatic carbocycles. The van der Waals surface area contributed by atoms with Gasteiger partial charge in [0.2, 0.25) is 0 Å². The first-order valence-electron chi connectivity index (χ1n) is 6.08. The van der Waals surface area contributed by atoms with Gasteiger partial charge >= 0.3 is 0 Å². The van der Waals surface area contributed by atoms with Crippen LogP contribution in [0.25, 0.3) is 0 Å². The van der Waals surface area contributed by atoms with Gasteiger partial charge in [0.15, 0.2) is 6.23 Å². The minimum atomic E-state index is -1.23. The van der Waals surface area contributed by atoms with Gasteiger partial charge in [-0.15, -0.1) is 0 Å². The molecule has 4 N–H and O–H groups in total. The molecule has 1 fully saturated rings. The van der Waals surface area contributed by atoms with E-state index in [0.29, 0.717) is 5.69 Å². The highest BCUT2D eigenvalue weighted by Gasteiger charge is 2.42. The van der Waals surface area contributed by atoms with E-state index in [1.54, 1.807) is 13.0 Å². The molecule has 0 saturated carbocycles. The van der Waals surface area contributed by atoms with Crippen LogP contribution in [0.4, 0.5) is 11.4 Å². The fraction of sp³-hybridized carbons (Fsp3) is 0.500. The van der Waals surface area contributed by atoms with Gasteiger partial charge in [-0.3, -0.25) is 10.1 Å². The SMILES string of the molecule is Cc1ccc([N+](=O)[O-])cc1N[C@@H]1O[C@H](CO)[C@H](O)[C@@H]1O. The Kier molecular flexibility index (Phi) is 4.19. The van der Waals surface area contributed by atoms with Crippen LogP contribution in [0.3, 0.4) is 0 Å². The predicted octanol–water partition coefficient (Wildman–Crippen LogP) is -0.246. The van der Waals surface area contributed by atoms with Crippen LogP contribution >= 0.6 is 0 Å². The molecular weight excluding hydrogens is 268 g/mol. The molecule has 0 spiro atoms. The van der Waals surface area contributed by atoms with Crippen molar-refractivity contribution in [3.8, 4) is 0 Å². The van der Waals surface area contributed by atoms with E-state index in [4.69, 9.17) is 9.84 Å². The van der Waals surface area contributed by atoms with Gasteiger partial charge in [0, 0.05) is 17.8 Å². The quantitative estimate of drug-likeness (QED) is 0.444. The van der Waals surface area contributed by atoms with Gasteiger partial charge in [-0.05, 0) is 12.5 Å². The molecule has 1 heterocycles. The Bertz CT molecular complexity index is 509. The highest BCUT2D eigenvalue weighted by atomic mass is 16.6. The Morgan fingerprint density at radius 2 is 2.10 bits per heavy atom. The molecular formula is C12H16N2O6. The van der Waals surface area contributed by atoms with Crippen molar-refractivity contribution in [3.05, 3.63) is 33.9 Å². The molecule has 1 aromatic carbocycles. The maximum absolute atomic E-state index is 10.7. The summed E-state index contributed by atoms with van der Waals surface area (Å²) in [6.45, 7) is 1.32. The zero-order valence-electron chi connectivity index (χ0n) is 10.8. The number of ether oxygens (including phenoxy) is 1. The summed E-state index contributed by atoms with van der Waals surface area (Å²) in [4.78, 5) is 10.2. The second kappa shape index (κ2) is 5.71. The number of hydrogen-bond acceptors (Lipinski definition) is 7. The number of hydrogen-bond donors (Lipinski definition) is 4. The maximum atomic E-state index is 10.7. The lowest BCUT2D eigenvalue weighted by molar-refractivity contribution is -0.384. The number of aliphatic hydroxyl groups excluding tert-OH is 3. The molecule has 8 nitrogen and oxygen atoms in total. The van der Waals surface area contributed by atoms with E-state index in [1.165, 1.54) is 12.1 Å². The van der Waals surface area contributed by atoms with Crippen molar-refractivity contribution in [1.29, 1.82) is 0 Å². The third-order valence-electron chi connectivity index (χ3n) is 3.27. The topological polar surface area (TPSA) is 125 Å². The van der Waals surface area contributed by atoms with Gasteiger partial charge in [-0.2, -0.15) is 0 Å². The molecule has 4 atom stereocenters. The highest BCUT2D eigenvalue weighted by molar-refractivity contribution is 5.57. The summed E-state index contributed by atoms with van der Waals surface area (Å²) in [6, 6.07) is 4.27. The number of nitro groups is 1. The molecule has 1 aliphatic rings. The van der Waals surface area contributed by atoms with Crippen LogP contribution in [-0.4, -0.2) is 51.4 Å². The van der Waals surface area contributed by atoms with E-state index < -0.39 is 36.1 Å². The zero-order valence-corrected chi connectivity index (χ0v) is 10.8. The molecule has 0 bridgehead atoms. The summed E-state index contributed by atoms with van der Waals surface area (Å²) in [7, 11) is 0. The molecule has 110 valence electrons. The first-order chi connectivity index (χ1) is 9.43. The monoisotopic (exact) mass is 284 g/mol. The van der Waals surface area contributed by atoms with Crippen molar-refractivity contribution in [1.82, 2.24) is 0 Å². The third-order valence-corrected chi connectivity index (χ3v) is 3.27. The second-order valence-corrected chi connectivity index (χ2v) is 4.66. The van der Waals surface area contributed by atoms with Gasteiger partial charge in [0.05, 0.1) is 11.5 Å². The third kappa shape index (κ3) is 2.73. The summed E-state index contributed by atoms with van der Waals surface area (Å²) in [5, 5.41) is 42.0. The fourth-order valence-corrected chi connectivity index (χ4v) is 2.05. The standard InChI is InChI=1S/C12H16N2O6/c1-6-2-3-7(14(18)19)4-8(6)13-12-11(17)10(16)9(5-15)20-12/h2-4,9-13,15-17H,5H2,1H3/t9-,10+,11+,12-/m1/s1. The lowest BCUT2D eigenvalue weighted by atomic mass is 10.1. The fourth-order valence-electron chi connectivity index (χ4n) is 2.05. The Balaban J connectivity index is 2.18. The number of rotatable bonds is 4. The summed E-state index contributed by atoms with van der Waals surface area (Å²) < 4.78 is 5.26. The number of aryl methyl sites for hydroxylation is 1. The molecule has 2 rings (SSSR count). The van der Waals surface area contributed by atoms with Crippen LogP contribution in [0, 0.1) is 17.0 Å². The Hall–Kier alpha value is -1.74. The van der Waals surface area contributed by atoms with E-state index in [0.717, 1.165) is 5.56 Å². The zero-order chi connectivity index (χ0) is 14.9. The Labute approximate surface area is 114 Å². The molecule has 0 amide bonds. The molecule has 1 saturated heterocycles. The van der Waals surface area contributed by atoms with Gasteiger partial charge in [0.25, 0.3) is 5.69 Å². The molecule has 0 aromatic heterocycles. The number of anilines is 1. The molecule has 1 aromatic rings. The average molecular weight is 284 g/mol. The molecule has 0 radical (unpaired) electrons. The normalized spacial score (nSPS) is 29.4. The summed E-state index contributed by atoms with van der Waals surface area (Å²) in [5.74, 6) is 0. The van der Waals surface area contributed by atoms with Crippen LogP contribution in [0.1, 0.15) is 5.56 Å². The largest absolute Gasteiger partial charge is 0.394 e. The summed E-state index contributed by atoms with van der Waals surface area (Å²) >= 11 is 0. The van der Waals surface area contributed by atoms with Crippen LogP contribution in [0.2, 0.25) is 0 Å². The molecule has 1 aliphatic heterocycles. The van der Waals surface area contributed by atoms with E-state index >= 15 is 0 Å². The molecule has 20 heavy (non-hydrogen) atoms. The lowest BCUT2D eigenvalue weighted by Crippen LogP contribution is -2.36. The summed E-state index contributed by atoms with van der Waals surface area (Å²) in [5.41, 5.74) is 1.06. The molecule has 8 heteroatoms. The smallest absolute Gasteiger partial charge is 0.271 e. The van der Waals surface area contributed by atoms with Crippen molar-refractivity contribution in [2.24, 2.45) is 0 Å². The number of benzene rings is 1. The minimum Gasteiger partial charge on any atom is -0.394 e. The van der Waals surface area contributed by atoms with E-state index in [9.17, 15) is 20.3 Å². The van der Waals surface area contributed by atoms with Gasteiger partial charge in [0.1, 0.15) is 18.3 Å². The number of non-ortho nitro benzene ring substituents is 1. The van der Waals surface area contributed by atoms with E-state index in [1.807, 2.05) is 0 Å². The second-order valence-electron chi connectivity index (χ2n) is 4.66. The minimum absolute atomic E-state index is 0.0927. The Morgan fingerprint density at radius 1 is 1.40 bits per heavy atom. The van der Waals surface area contributed by atoms with Gasteiger partial charge < -0.3 is 25.4 Å².